The highest BCUT2D eigenvalue weighted by Gasteiger charge is 2.16. The summed E-state index contributed by atoms with van der Waals surface area (Å²) in [6.07, 6.45) is 2.56. The first-order valence-electron chi connectivity index (χ1n) is 7.54. The molecule has 0 radical (unpaired) electrons. The Morgan fingerprint density at radius 2 is 2.18 bits per heavy atom. The number of amides is 2. The molecule has 0 spiro atoms. The van der Waals surface area contributed by atoms with E-state index in [0.29, 0.717) is 29.5 Å². The van der Waals surface area contributed by atoms with Gasteiger partial charge < -0.3 is 20.7 Å². The van der Waals surface area contributed by atoms with Crippen LogP contribution in [0.3, 0.4) is 0 Å². The lowest BCUT2D eigenvalue weighted by Crippen LogP contribution is -2.15. The molecule has 1 saturated heterocycles. The Morgan fingerprint density at radius 1 is 1.36 bits per heavy atom. The number of rotatable bonds is 6. The average molecular weight is 305 g/mol. The molecule has 1 aromatic rings. The molecule has 0 bridgehead atoms. The van der Waals surface area contributed by atoms with Crippen molar-refractivity contribution >= 4 is 23.2 Å². The molecule has 1 aliphatic heterocycles. The van der Waals surface area contributed by atoms with Crippen molar-refractivity contribution in [3.05, 3.63) is 18.2 Å². The van der Waals surface area contributed by atoms with Crippen molar-refractivity contribution < 1.29 is 14.3 Å². The van der Waals surface area contributed by atoms with Gasteiger partial charge in [0.05, 0.1) is 12.8 Å². The molecule has 1 heterocycles. The molecule has 22 heavy (non-hydrogen) atoms. The highest BCUT2D eigenvalue weighted by molar-refractivity contribution is 5.93. The van der Waals surface area contributed by atoms with Crippen LogP contribution >= 0.6 is 0 Å². The molecule has 2 rings (SSSR count). The number of carbonyl (C=O) groups is 2. The molecule has 0 aliphatic carbocycles. The minimum Gasteiger partial charge on any atom is -0.494 e. The lowest BCUT2D eigenvalue weighted by atomic mass is 10.0. The summed E-state index contributed by atoms with van der Waals surface area (Å²) < 4.78 is 5.24. The fourth-order valence-corrected chi connectivity index (χ4v) is 2.58. The summed E-state index contributed by atoms with van der Waals surface area (Å²) in [5.41, 5.74) is 1.26. The maximum atomic E-state index is 12.0. The number of ether oxygens (including phenoxy) is 1. The zero-order valence-electron chi connectivity index (χ0n) is 13.1. The molecule has 1 unspecified atom stereocenters. The Kier molecular flexibility index (Phi) is 5.77. The van der Waals surface area contributed by atoms with Crippen LogP contribution in [0.5, 0.6) is 5.75 Å². The molecule has 0 aromatic heterocycles. The predicted molar refractivity (Wildman–Crippen MR) is 86.1 cm³/mol. The first-order chi connectivity index (χ1) is 10.6. The van der Waals surface area contributed by atoms with Gasteiger partial charge in [-0.15, -0.1) is 0 Å². The van der Waals surface area contributed by atoms with Crippen molar-refractivity contribution in [2.24, 2.45) is 5.92 Å². The van der Waals surface area contributed by atoms with Gasteiger partial charge >= 0.3 is 0 Å². The molecular formula is C16H23N3O3. The number of benzene rings is 1. The molecule has 2 amide bonds. The van der Waals surface area contributed by atoms with Crippen LogP contribution in [0.15, 0.2) is 18.2 Å². The Morgan fingerprint density at radius 3 is 2.82 bits per heavy atom. The third-order valence-electron chi connectivity index (χ3n) is 3.74. The van der Waals surface area contributed by atoms with E-state index in [-0.39, 0.29) is 11.8 Å². The molecular weight excluding hydrogens is 282 g/mol. The van der Waals surface area contributed by atoms with Crippen LogP contribution in [0.4, 0.5) is 11.4 Å². The molecule has 1 atom stereocenters. The lowest BCUT2D eigenvalue weighted by Gasteiger charge is -2.12. The number of methoxy groups -OCH3 is 1. The maximum Gasteiger partial charge on any atom is 0.224 e. The van der Waals surface area contributed by atoms with Gasteiger partial charge in [-0.2, -0.15) is 0 Å². The quantitative estimate of drug-likeness (QED) is 0.751. The van der Waals surface area contributed by atoms with Crippen molar-refractivity contribution in [2.75, 3.05) is 30.8 Å². The first-order valence-corrected chi connectivity index (χ1v) is 7.54. The Hall–Kier alpha value is -2.08. The largest absolute Gasteiger partial charge is 0.494 e. The lowest BCUT2D eigenvalue weighted by molar-refractivity contribution is -0.116. The van der Waals surface area contributed by atoms with Gasteiger partial charge in [0.1, 0.15) is 5.75 Å². The van der Waals surface area contributed by atoms with Crippen LogP contribution in [0.1, 0.15) is 26.2 Å². The van der Waals surface area contributed by atoms with Gasteiger partial charge in [-0.3, -0.25) is 9.59 Å². The van der Waals surface area contributed by atoms with E-state index in [1.165, 1.54) is 14.0 Å². The van der Waals surface area contributed by atoms with Crippen LogP contribution < -0.4 is 20.7 Å². The van der Waals surface area contributed by atoms with Crippen LogP contribution in [-0.4, -0.2) is 32.0 Å². The molecule has 120 valence electrons. The first kappa shape index (κ1) is 16.3. The summed E-state index contributed by atoms with van der Waals surface area (Å²) in [7, 11) is 1.53. The van der Waals surface area contributed by atoms with Crippen molar-refractivity contribution in [2.45, 2.75) is 26.2 Å². The standard InChI is InChI=1S/C16H23N3O3/c1-11(20)18-14-5-4-13(9-15(14)22-2)19-16(21)6-3-12-7-8-17-10-12/h4-5,9,12,17H,3,6-8,10H2,1-2H3,(H,18,20)(H,19,21). The van der Waals surface area contributed by atoms with Crippen LogP contribution in [0, 0.1) is 5.92 Å². The van der Waals surface area contributed by atoms with Crippen LogP contribution in [0.25, 0.3) is 0 Å². The van der Waals surface area contributed by atoms with Crippen LogP contribution in [0.2, 0.25) is 0 Å². The van der Waals surface area contributed by atoms with Gasteiger partial charge in [-0.05, 0) is 44.0 Å². The van der Waals surface area contributed by atoms with Crippen molar-refractivity contribution in [1.82, 2.24) is 5.32 Å². The van der Waals surface area contributed by atoms with Gasteiger partial charge in [0.15, 0.2) is 0 Å². The number of nitrogens with one attached hydrogen (secondary N) is 3. The van der Waals surface area contributed by atoms with Gasteiger partial charge in [0.25, 0.3) is 0 Å². The molecule has 3 N–H and O–H groups in total. The maximum absolute atomic E-state index is 12.0. The number of hydrogen-bond donors (Lipinski definition) is 3. The van der Waals surface area contributed by atoms with E-state index >= 15 is 0 Å². The van der Waals surface area contributed by atoms with Crippen molar-refractivity contribution in [3.8, 4) is 5.75 Å². The van der Waals surface area contributed by atoms with E-state index < -0.39 is 0 Å². The minimum absolute atomic E-state index is 0.00114. The van der Waals surface area contributed by atoms with E-state index in [4.69, 9.17) is 4.74 Å². The summed E-state index contributed by atoms with van der Waals surface area (Å²) in [6, 6.07) is 5.18. The monoisotopic (exact) mass is 305 g/mol. The number of carbonyl (C=O) groups excluding carboxylic acids is 2. The zero-order chi connectivity index (χ0) is 15.9. The SMILES string of the molecule is COc1cc(NC(=O)CCC2CCNC2)ccc1NC(C)=O. The van der Waals surface area contributed by atoms with E-state index in [9.17, 15) is 9.59 Å². The average Bonchev–Trinajstić information content (AvgIpc) is 2.99. The van der Waals surface area contributed by atoms with Crippen molar-refractivity contribution in [3.63, 3.8) is 0 Å². The molecule has 6 heteroatoms. The minimum atomic E-state index is -0.166. The Labute approximate surface area is 130 Å². The third kappa shape index (κ3) is 4.73. The summed E-state index contributed by atoms with van der Waals surface area (Å²) in [5.74, 6) is 0.955. The summed E-state index contributed by atoms with van der Waals surface area (Å²) >= 11 is 0. The normalized spacial score (nSPS) is 17.1. The molecule has 6 nitrogen and oxygen atoms in total. The van der Waals surface area contributed by atoms with Gasteiger partial charge in [-0.1, -0.05) is 0 Å². The fourth-order valence-electron chi connectivity index (χ4n) is 2.58. The van der Waals surface area contributed by atoms with E-state index in [2.05, 4.69) is 16.0 Å². The second-order valence-corrected chi connectivity index (χ2v) is 5.54. The van der Waals surface area contributed by atoms with Crippen LogP contribution in [-0.2, 0) is 9.59 Å². The Bertz CT molecular complexity index is 539. The zero-order valence-corrected chi connectivity index (χ0v) is 13.1. The second kappa shape index (κ2) is 7.79. The summed E-state index contributed by atoms with van der Waals surface area (Å²) in [5, 5.41) is 8.85. The Balaban J connectivity index is 1.91. The fraction of sp³-hybridized carbons (Fsp3) is 0.500. The second-order valence-electron chi connectivity index (χ2n) is 5.54. The van der Waals surface area contributed by atoms with E-state index in [1.54, 1.807) is 18.2 Å². The molecule has 1 fully saturated rings. The number of anilines is 2. The van der Waals surface area contributed by atoms with Gasteiger partial charge in [0, 0.05) is 25.1 Å². The van der Waals surface area contributed by atoms with E-state index in [0.717, 1.165) is 25.9 Å². The van der Waals surface area contributed by atoms with Gasteiger partial charge in [-0.25, -0.2) is 0 Å². The van der Waals surface area contributed by atoms with E-state index in [1.807, 2.05) is 0 Å². The summed E-state index contributed by atoms with van der Waals surface area (Å²) in [6.45, 7) is 3.49. The molecule has 0 saturated carbocycles. The highest BCUT2D eigenvalue weighted by atomic mass is 16.5. The third-order valence-corrected chi connectivity index (χ3v) is 3.74. The smallest absolute Gasteiger partial charge is 0.224 e. The number of hydrogen-bond acceptors (Lipinski definition) is 4. The predicted octanol–water partition coefficient (Wildman–Crippen LogP) is 1.98. The molecule has 1 aromatic carbocycles. The van der Waals surface area contributed by atoms with Crippen molar-refractivity contribution in [1.29, 1.82) is 0 Å². The topological polar surface area (TPSA) is 79.5 Å². The molecule has 1 aliphatic rings. The van der Waals surface area contributed by atoms with Gasteiger partial charge in [0.2, 0.25) is 11.8 Å². The highest BCUT2D eigenvalue weighted by Crippen LogP contribution is 2.28. The summed E-state index contributed by atoms with van der Waals surface area (Å²) in [4.78, 5) is 23.1.